The van der Waals surface area contributed by atoms with Gasteiger partial charge in [0, 0.05) is 12.1 Å². The molecule has 0 atom stereocenters. The number of nitrogens with zero attached hydrogens (tertiary/aromatic N) is 1. The van der Waals surface area contributed by atoms with Crippen molar-refractivity contribution in [2.24, 2.45) is 5.73 Å². The van der Waals surface area contributed by atoms with Crippen LogP contribution in [0.4, 0.5) is 11.4 Å². The molecule has 0 aromatic heterocycles. The van der Waals surface area contributed by atoms with Gasteiger partial charge >= 0.3 is 0 Å². The Morgan fingerprint density at radius 2 is 2.17 bits per heavy atom. The molecule has 0 bridgehead atoms. The number of nitrogens with two attached hydrogens (primary N) is 1. The molecule has 96 valence electrons. The van der Waals surface area contributed by atoms with Gasteiger partial charge in [-0.05, 0) is 31.7 Å². The van der Waals surface area contributed by atoms with Crippen LogP contribution >= 0.6 is 0 Å². The fourth-order valence-electron chi connectivity index (χ4n) is 1.89. The quantitative estimate of drug-likeness (QED) is 0.629. The highest BCUT2D eigenvalue weighted by Crippen LogP contribution is 2.31. The summed E-state index contributed by atoms with van der Waals surface area (Å²) in [4.78, 5) is 22.1. The first-order chi connectivity index (χ1) is 8.42. The van der Waals surface area contributed by atoms with Gasteiger partial charge < -0.3 is 11.1 Å². The van der Waals surface area contributed by atoms with E-state index in [-0.39, 0.29) is 11.6 Å². The maximum Gasteiger partial charge on any atom is 0.271 e. The van der Waals surface area contributed by atoms with E-state index in [1.54, 1.807) is 13.0 Å². The predicted molar refractivity (Wildman–Crippen MR) is 67.2 cm³/mol. The summed E-state index contributed by atoms with van der Waals surface area (Å²) >= 11 is 0. The summed E-state index contributed by atoms with van der Waals surface area (Å²) in [7, 11) is 0. The van der Waals surface area contributed by atoms with Crippen LogP contribution in [0, 0.1) is 17.0 Å². The molecule has 1 aromatic rings. The summed E-state index contributed by atoms with van der Waals surface area (Å²) < 4.78 is 0. The van der Waals surface area contributed by atoms with Crippen molar-refractivity contribution in [3.63, 3.8) is 0 Å². The molecule has 0 saturated heterocycles. The average molecular weight is 249 g/mol. The first kappa shape index (κ1) is 12.5. The number of aryl methyl sites for hydroxylation is 1. The molecule has 1 amide bonds. The number of nitrogens with one attached hydrogen (secondary N) is 1. The lowest BCUT2D eigenvalue weighted by molar-refractivity contribution is -0.384. The molecule has 1 aliphatic rings. The van der Waals surface area contributed by atoms with Crippen LogP contribution < -0.4 is 11.1 Å². The Balaban J connectivity index is 2.20. The second-order valence-electron chi connectivity index (χ2n) is 4.72. The lowest BCUT2D eigenvalue weighted by Gasteiger charge is -2.36. The topological polar surface area (TPSA) is 98.3 Å². The van der Waals surface area contributed by atoms with Crippen molar-refractivity contribution in [3.8, 4) is 0 Å². The first-order valence-corrected chi connectivity index (χ1v) is 5.78. The molecule has 1 aromatic carbocycles. The van der Waals surface area contributed by atoms with E-state index >= 15 is 0 Å². The number of carbonyl (C=O) groups is 1. The summed E-state index contributed by atoms with van der Waals surface area (Å²) in [5, 5.41) is 13.4. The number of anilines is 1. The van der Waals surface area contributed by atoms with E-state index in [0.29, 0.717) is 18.5 Å². The summed E-state index contributed by atoms with van der Waals surface area (Å²) in [6.45, 7) is 1.78. The second kappa shape index (κ2) is 4.38. The van der Waals surface area contributed by atoms with Gasteiger partial charge in [-0.15, -0.1) is 0 Å². The molecule has 18 heavy (non-hydrogen) atoms. The molecule has 2 rings (SSSR count). The maximum atomic E-state index is 11.9. The third-order valence-electron chi connectivity index (χ3n) is 3.38. The van der Waals surface area contributed by atoms with Gasteiger partial charge in [0.05, 0.1) is 16.1 Å². The highest BCUT2D eigenvalue weighted by Gasteiger charge is 2.40. The van der Waals surface area contributed by atoms with Gasteiger partial charge in [0.25, 0.3) is 5.69 Å². The van der Waals surface area contributed by atoms with Crippen molar-refractivity contribution in [2.75, 3.05) is 5.32 Å². The highest BCUT2D eigenvalue weighted by molar-refractivity contribution is 5.99. The van der Waals surface area contributed by atoms with Crippen molar-refractivity contribution in [1.29, 1.82) is 0 Å². The SMILES string of the molecule is Cc1ccc([N+](=O)[O-])cc1NC(=O)C1(N)CCC1. The Morgan fingerprint density at radius 1 is 1.50 bits per heavy atom. The molecule has 0 radical (unpaired) electrons. The first-order valence-electron chi connectivity index (χ1n) is 5.78. The van der Waals surface area contributed by atoms with E-state index in [4.69, 9.17) is 5.73 Å². The molecular weight excluding hydrogens is 234 g/mol. The standard InChI is InChI=1S/C12H15N3O3/c1-8-3-4-9(15(17)18)7-10(8)14-11(16)12(13)5-2-6-12/h3-4,7H,2,5-6,13H2,1H3,(H,14,16). The average Bonchev–Trinajstić information content (AvgIpc) is 2.28. The number of hydrogen-bond donors (Lipinski definition) is 2. The Bertz CT molecular complexity index is 509. The number of non-ortho nitro benzene ring substituents is 1. The van der Waals surface area contributed by atoms with Crippen molar-refractivity contribution >= 4 is 17.3 Å². The van der Waals surface area contributed by atoms with E-state index < -0.39 is 10.5 Å². The van der Waals surface area contributed by atoms with E-state index in [0.717, 1.165) is 12.0 Å². The van der Waals surface area contributed by atoms with Crippen LogP contribution in [0.3, 0.4) is 0 Å². The Kier molecular flexibility index (Phi) is 3.04. The molecule has 6 nitrogen and oxygen atoms in total. The molecule has 1 aliphatic carbocycles. The Labute approximate surface area is 104 Å². The number of rotatable bonds is 3. The third-order valence-corrected chi connectivity index (χ3v) is 3.38. The number of amides is 1. The molecular formula is C12H15N3O3. The monoisotopic (exact) mass is 249 g/mol. The second-order valence-corrected chi connectivity index (χ2v) is 4.72. The summed E-state index contributed by atoms with van der Waals surface area (Å²) in [6.07, 6.45) is 2.26. The molecule has 0 unspecified atom stereocenters. The van der Waals surface area contributed by atoms with Gasteiger partial charge in [0.2, 0.25) is 5.91 Å². The van der Waals surface area contributed by atoms with Crippen LogP contribution in [0.2, 0.25) is 0 Å². The fourth-order valence-corrected chi connectivity index (χ4v) is 1.89. The minimum atomic E-state index is -0.808. The molecule has 0 spiro atoms. The highest BCUT2D eigenvalue weighted by atomic mass is 16.6. The van der Waals surface area contributed by atoms with Crippen LogP contribution in [0.5, 0.6) is 0 Å². The number of nitro benzene ring substituents is 1. The number of benzene rings is 1. The zero-order valence-corrected chi connectivity index (χ0v) is 10.1. The summed E-state index contributed by atoms with van der Waals surface area (Å²) in [5.41, 5.74) is 6.27. The predicted octanol–water partition coefficient (Wildman–Crippen LogP) is 1.72. The number of nitro groups is 1. The van der Waals surface area contributed by atoms with Crippen LogP contribution in [0.1, 0.15) is 24.8 Å². The van der Waals surface area contributed by atoms with Crippen molar-refractivity contribution in [3.05, 3.63) is 33.9 Å². The van der Waals surface area contributed by atoms with E-state index in [9.17, 15) is 14.9 Å². The van der Waals surface area contributed by atoms with Gasteiger partial charge in [-0.2, -0.15) is 0 Å². The largest absolute Gasteiger partial charge is 0.324 e. The van der Waals surface area contributed by atoms with E-state index in [1.165, 1.54) is 12.1 Å². The number of carbonyl (C=O) groups excluding carboxylic acids is 1. The van der Waals surface area contributed by atoms with Crippen molar-refractivity contribution in [2.45, 2.75) is 31.7 Å². The van der Waals surface area contributed by atoms with Gasteiger partial charge in [-0.25, -0.2) is 0 Å². The molecule has 3 N–H and O–H groups in total. The molecule has 1 fully saturated rings. The molecule has 0 heterocycles. The Hall–Kier alpha value is -1.95. The van der Waals surface area contributed by atoms with Gasteiger partial charge in [0.1, 0.15) is 0 Å². The zero-order chi connectivity index (χ0) is 13.3. The molecule has 6 heteroatoms. The molecule has 1 saturated carbocycles. The van der Waals surface area contributed by atoms with E-state index in [1.807, 2.05) is 0 Å². The summed E-state index contributed by atoms with van der Waals surface area (Å²) in [6, 6.07) is 4.37. The summed E-state index contributed by atoms with van der Waals surface area (Å²) in [5.74, 6) is -0.266. The third kappa shape index (κ3) is 2.19. The fraction of sp³-hybridized carbons (Fsp3) is 0.417. The minimum Gasteiger partial charge on any atom is -0.324 e. The van der Waals surface area contributed by atoms with Gasteiger partial charge in [0.15, 0.2) is 0 Å². The van der Waals surface area contributed by atoms with Gasteiger partial charge in [-0.1, -0.05) is 6.07 Å². The van der Waals surface area contributed by atoms with Crippen LogP contribution in [0.15, 0.2) is 18.2 Å². The normalized spacial score (nSPS) is 16.8. The maximum absolute atomic E-state index is 11.9. The van der Waals surface area contributed by atoms with Crippen molar-refractivity contribution in [1.82, 2.24) is 0 Å². The molecule has 0 aliphatic heterocycles. The van der Waals surface area contributed by atoms with Crippen LogP contribution in [-0.2, 0) is 4.79 Å². The van der Waals surface area contributed by atoms with E-state index in [2.05, 4.69) is 5.32 Å². The Morgan fingerprint density at radius 3 is 2.67 bits per heavy atom. The zero-order valence-electron chi connectivity index (χ0n) is 10.1. The number of hydrogen-bond acceptors (Lipinski definition) is 4. The van der Waals surface area contributed by atoms with Crippen LogP contribution in [-0.4, -0.2) is 16.4 Å². The smallest absolute Gasteiger partial charge is 0.271 e. The lowest BCUT2D eigenvalue weighted by atomic mass is 9.77. The minimum absolute atomic E-state index is 0.0458. The van der Waals surface area contributed by atoms with Gasteiger partial charge in [-0.3, -0.25) is 14.9 Å². The lowest BCUT2D eigenvalue weighted by Crippen LogP contribution is -2.56. The van der Waals surface area contributed by atoms with Crippen LogP contribution in [0.25, 0.3) is 0 Å². The van der Waals surface area contributed by atoms with Crippen molar-refractivity contribution < 1.29 is 9.72 Å².